The topological polar surface area (TPSA) is 104 Å². The van der Waals surface area contributed by atoms with Crippen molar-refractivity contribution in [3.05, 3.63) is 59.7 Å². The highest BCUT2D eigenvalue weighted by molar-refractivity contribution is 7.89. The maximum atomic E-state index is 12.3. The summed E-state index contributed by atoms with van der Waals surface area (Å²) in [4.78, 5) is 24.5. The van der Waals surface area contributed by atoms with Gasteiger partial charge in [-0.15, -0.1) is 0 Å². The average Bonchev–Trinajstić information content (AvgIpc) is 3.46. The summed E-state index contributed by atoms with van der Waals surface area (Å²) in [6.45, 7) is 0. The van der Waals surface area contributed by atoms with E-state index in [1.165, 1.54) is 31.3 Å². The van der Waals surface area contributed by atoms with Crippen molar-refractivity contribution in [1.29, 1.82) is 0 Å². The lowest BCUT2D eigenvalue weighted by atomic mass is 10.1. The third-order valence-electron chi connectivity index (χ3n) is 3.99. The van der Waals surface area contributed by atoms with Crippen LogP contribution >= 0.6 is 0 Å². The molecule has 0 aliphatic heterocycles. The van der Waals surface area contributed by atoms with Crippen molar-refractivity contribution in [2.45, 2.75) is 23.8 Å². The number of benzene rings is 2. The van der Waals surface area contributed by atoms with Crippen LogP contribution < -0.4 is 15.4 Å². The van der Waals surface area contributed by atoms with Gasteiger partial charge in [-0.3, -0.25) is 9.59 Å². The molecular weight excluding hydrogens is 354 g/mol. The standard InChI is InChI=1S/C18H19N3O4S/c1-19-26(24,25)16-9-5-12(6-10-16)17(22)21-15-4-2-3-13(11-15)18(23)20-14-7-8-14/h2-6,9-11,14,19H,7-8H2,1H3,(H,20,23)(H,21,22). The van der Waals surface area contributed by atoms with Gasteiger partial charge in [0, 0.05) is 22.9 Å². The van der Waals surface area contributed by atoms with Gasteiger partial charge in [-0.1, -0.05) is 6.07 Å². The van der Waals surface area contributed by atoms with Crippen LogP contribution in [0.3, 0.4) is 0 Å². The van der Waals surface area contributed by atoms with Gasteiger partial charge in [0.15, 0.2) is 0 Å². The summed E-state index contributed by atoms with van der Waals surface area (Å²) in [6.07, 6.45) is 2.00. The molecule has 0 bridgehead atoms. The van der Waals surface area contributed by atoms with Crippen molar-refractivity contribution in [3.63, 3.8) is 0 Å². The van der Waals surface area contributed by atoms with Crippen molar-refractivity contribution in [1.82, 2.24) is 10.0 Å². The highest BCUT2D eigenvalue weighted by atomic mass is 32.2. The van der Waals surface area contributed by atoms with E-state index in [4.69, 9.17) is 0 Å². The van der Waals surface area contributed by atoms with Crippen molar-refractivity contribution < 1.29 is 18.0 Å². The lowest BCUT2D eigenvalue weighted by molar-refractivity contribution is 0.0949. The monoisotopic (exact) mass is 373 g/mol. The summed E-state index contributed by atoms with van der Waals surface area (Å²) in [5, 5.41) is 5.60. The third-order valence-corrected chi connectivity index (χ3v) is 5.42. The molecule has 0 unspecified atom stereocenters. The van der Waals surface area contributed by atoms with Crippen LogP contribution in [-0.2, 0) is 10.0 Å². The Bertz CT molecular complexity index is 935. The van der Waals surface area contributed by atoms with Gasteiger partial charge in [0.25, 0.3) is 11.8 Å². The van der Waals surface area contributed by atoms with Crippen molar-refractivity contribution in [3.8, 4) is 0 Å². The smallest absolute Gasteiger partial charge is 0.255 e. The minimum atomic E-state index is -3.55. The van der Waals surface area contributed by atoms with Gasteiger partial charge in [0.2, 0.25) is 10.0 Å². The van der Waals surface area contributed by atoms with E-state index in [1.54, 1.807) is 24.3 Å². The maximum Gasteiger partial charge on any atom is 0.255 e. The van der Waals surface area contributed by atoms with Crippen molar-refractivity contribution >= 4 is 27.5 Å². The van der Waals surface area contributed by atoms with E-state index < -0.39 is 15.9 Å². The molecule has 1 saturated carbocycles. The van der Waals surface area contributed by atoms with Crippen molar-refractivity contribution in [2.24, 2.45) is 0 Å². The van der Waals surface area contributed by atoms with Crippen LogP contribution in [0, 0.1) is 0 Å². The summed E-state index contributed by atoms with van der Waals surface area (Å²) >= 11 is 0. The fourth-order valence-electron chi connectivity index (χ4n) is 2.34. The molecule has 1 aliphatic rings. The molecule has 2 aromatic carbocycles. The Labute approximate surface area is 151 Å². The quantitative estimate of drug-likeness (QED) is 0.717. The summed E-state index contributed by atoms with van der Waals surface area (Å²) in [7, 11) is -2.22. The molecule has 8 heteroatoms. The van der Waals surface area contributed by atoms with Crippen LogP contribution in [0.4, 0.5) is 5.69 Å². The van der Waals surface area contributed by atoms with E-state index in [-0.39, 0.29) is 16.8 Å². The Kier molecular flexibility index (Phi) is 5.06. The number of anilines is 1. The van der Waals surface area contributed by atoms with Gasteiger partial charge in [-0.25, -0.2) is 13.1 Å². The fraction of sp³-hybridized carbons (Fsp3) is 0.222. The zero-order valence-electron chi connectivity index (χ0n) is 14.2. The summed E-state index contributed by atoms with van der Waals surface area (Å²) in [5.74, 6) is -0.552. The van der Waals surface area contributed by atoms with E-state index in [0.29, 0.717) is 16.8 Å². The van der Waals surface area contributed by atoms with E-state index >= 15 is 0 Å². The summed E-state index contributed by atoms with van der Waals surface area (Å²) in [5.41, 5.74) is 1.28. The number of hydrogen-bond donors (Lipinski definition) is 3. The predicted molar refractivity (Wildman–Crippen MR) is 97.6 cm³/mol. The molecule has 0 saturated heterocycles. The lowest BCUT2D eigenvalue weighted by Gasteiger charge is -2.09. The second-order valence-corrected chi connectivity index (χ2v) is 7.90. The number of rotatable bonds is 6. The second-order valence-electron chi connectivity index (χ2n) is 6.01. The Balaban J connectivity index is 1.70. The van der Waals surface area contributed by atoms with Crippen LogP contribution in [0.15, 0.2) is 53.4 Å². The van der Waals surface area contributed by atoms with Crippen LogP contribution in [0.1, 0.15) is 33.6 Å². The summed E-state index contributed by atoms with van der Waals surface area (Å²) in [6, 6.07) is 12.5. The Morgan fingerprint density at radius 2 is 1.65 bits per heavy atom. The molecule has 0 atom stereocenters. The van der Waals surface area contributed by atoms with Gasteiger partial charge in [0.05, 0.1) is 4.90 Å². The Morgan fingerprint density at radius 3 is 2.27 bits per heavy atom. The largest absolute Gasteiger partial charge is 0.349 e. The number of nitrogens with one attached hydrogen (secondary N) is 3. The Hall–Kier alpha value is -2.71. The SMILES string of the molecule is CNS(=O)(=O)c1ccc(C(=O)Nc2cccc(C(=O)NC3CC3)c2)cc1. The first-order chi connectivity index (χ1) is 12.4. The van der Waals surface area contributed by atoms with Gasteiger partial charge >= 0.3 is 0 Å². The predicted octanol–water partition coefficient (Wildman–Crippen LogP) is 1.74. The van der Waals surface area contributed by atoms with Crippen molar-refractivity contribution in [2.75, 3.05) is 12.4 Å². The molecule has 1 fully saturated rings. The van der Waals surface area contributed by atoms with Crippen LogP contribution in [0.2, 0.25) is 0 Å². The first-order valence-electron chi connectivity index (χ1n) is 8.15. The Morgan fingerprint density at radius 1 is 0.962 bits per heavy atom. The fourth-order valence-corrected chi connectivity index (χ4v) is 3.07. The highest BCUT2D eigenvalue weighted by Crippen LogP contribution is 2.20. The molecule has 7 nitrogen and oxygen atoms in total. The van der Waals surface area contributed by atoms with E-state index in [0.717, 1.165) is 12.8 Å². The van der Waals surface area contributed by atoms with Crippen LogP contribution in [-0.4, -0.2) is 33.3 Å². The van der Waals surface area contributed by atoms with E-state index in [9.17, 15) is 18.0 Å². The molecule has 0 aromatic heterocycles. The molecule has 0 radical (unpaired) electrons. The molecule has 0 spiro atoms. The summed E-state index contributed by atoms with van der Waals surface area (Å²) < 4.78 is 25.6. The molecule has 136 valence electrons. The molecule has 2 aromatic rings. The van der Waals surface area contributed by atoms with Crippen LogP contribution in [0.25, 0.3) is 0 Å². The zero-order valence-corrected chi connectivity index (χ0v) is 15.0. The highest BCUT2D eigenvalue weighted by Gasteiger charge is 2.23. The number of carbonyl (C=O) groups is 2. The third kappa shape index (κ3) is 4.27. The minimum absolute atomic E-state index is 0.0790. The first-order valence-corrected chi connectivity index (χ1v) is 9.63. The maximum absolute atomic E-state index is 12.3. The molecule has 2 amide bonds. The molecule has 3 N–H and O–H groups in total. The van der Waals surface area contributed by atoms with Gasteiger partial charge in [-0.2, -0.15) is 0 Å². The van der Waals surface area contributed by atoms with E-state index in [1.807, 2.05) is 0 Å². The zero-order chi connectivity index (χ0) is 18.7. The molecule has 3 rings (SSSR count). The number of amides is 2. The first kappa shape index (κ1) is 18.1. The number of sulfonamides is 1. The van der Waals surface area contributed by atoms with Gasteiger partial charge < -0.3 is 10.6 Å². The van der Waals surface area contributed by atoms with Crippen LogP contribution in [0.5, 0.6) is 0 Å². The number of carbonyl (C=O) groups excluding carboxylic acids is 2. The second kappa shape index (κ2) is 7.27. The number of hydrogen-bond acceptors (Lipinski definition) is 4. The normalized spacial score (nSPS) is 13.9. The van der Waals surface area contributed by atoms with E-state index in [2.05, 4.69) is 15.4 Å². The average molecular weight is 373 g/mol. The lowest BCUT2D eigenvalue weighted by Crippen LogP contribution is -2.25. The minimum Gasteiger partial charge on any atom is -0.349 e. The molecular formula is C18H19N3O4S. The molecule has 26 heavy (non-hydrogen) atoms. The van der Waals surface area contributed by atoms with Gasteiger partial charge in [-0.05, 0) is 62.4 Å². The molecule has 0 heterocycles. The van der Waals surface area contributed by atoms with Gasteiger partial charge in [0.1, 0.15) is 0 Å². The molecule has 1 aliphatic carbocycles.